The summed E-state index contributed by atoms with van der Waals surface area (Å²) in [6, 6.07) is 19.0. The van der Waals surface area contributed by atoms with E-state index in [1.165, 1.54) is 11.2 Å². The van der Waals surface area contributed by atoms with E-state index in [-0.39, 0.29) is 17.3 Å². The average molecular weight is 666 g/mol. The van der Waals surface area contributed by atoms with Crippen LogP contribution in [0, 0.1) is 30.6 Å². The number of hydrogen-bond donors (Lipinski definition) is 1. The van der Waals surface area contributed by atoms with Crippen molar-refractivity contribution in [3.8, 4) is 23.7 Å². The Morgan fingerprint density at radius 3 is 1.53 bits per heavy atom. The molecule has 0 radical (unpaired) electrons. The fourth-order valence-electron chi connectivity index (χ4n) is 4.31. The summed E-state index contributed by atoms with van der Waals surface area (Å²) >= 11 is 0. The highest BCUT2D eigenvalue weighted by Crippen LogP contribution is 2.21. The first-order chi connectivity index (χ1) is 23.3. The Hall–Kier alpha value is -5.07. The van der Waals surface area contributed by atoms with Gasteiger partial charge < -0.3 is 14.8 Å². The zero-order chi connectivity index (χ0) is 38.3. The molecule has 1 N–H and O–H groups in total. The lowest BCUT2D eigenvalue weighted by Crippen LogP contribution is -2.11. The van der Waals surface area contributed by atoms with Crippen molar-refractivity contribution in [2.45, 2.75) is 83.1 Å². The minimum absolute atomic E-state index is 0.0619. The summed E-state index contributed by atoms with van der Waals surface area (Å²) in [5.41, 5.74) is 8.31. The number of carbonyl (C=O) groups excluding carboxylic acids is 3. The fraction of sp³-hybridized carbons (Fsp3) is 0.372. The molecule has 0 aliphatic carbocycles. The number of carbonyl (C=O) groups is 3. The molecular formula is C43H59N3O3. The summed E-state index contributed by atoms with van der Waals surface area (Å²) < 4.78 is 2.12. The first kappa shape index (κ1) is 46.1. The predicted octanol–water partition coefficient (Wildman–Crippen LogP) is 10.4. The zero-order valence-electron chi connectivity index (χ0n) is 32.9. The standard InChI is InChI=1S/C13H15NO.2C12H13NO.3C2H6/c1-5-6-12-9-11(10(2)15)7-8-13(12)14(3)4;1-8-6-11-7-10(9(2)14)4-5-12(11)13(8)3;1-4-5-11-8-10(9(2)14)6-7-12(11)13-3;3*1-2/h7-9H,1-4H3;4-7H,1-3H3;6-8,13H,1-3H3;3*1-2H3. The Morgan fingerprint density at radius 2 is 1.08 bits per heavy atom. The normalized spacial score (nSPS) is 8.73. The third kappa shape index (κ3) is 14.7. The lowest BCUT2D eigenvalue weighted by molar-refractivity contribution is 0.100. The fourth-order valence-corrected chi connectivity index (χ4v) is 4.31. The third-order valence-electron chi connectivity index (χ3n) is 6.79. The second kappa shape index (κ2) is 25.0. The van der Waals surface area contributed by atoms with Gasteiger partial charge in [0.2, 0.25) is 0 Å². The van der Waals surface area contributed by atoms with Gasteiger partial charge in [-0.25, -0.2) is 0 Å². The van der Waals surface area contributed by atoms with Crippen molar-refractivity contribution in [2.24, 2.45) is 7.05 Å². The highest BCUT2D eigenvalue weighted by Gasteiger charge is 2.07. The molecule has 264 valence electrons. The van der Waals surface area contributed by atoms with E-state index in [2.05, 4.69) is 46.6 Å². The lowest BCUT2D eigenvalue weighted by atomic mass is 10.1. The maximum Gasteiger partial charge on any atom is 0.159 e. The number of benzene rings is 3. The van der Waals surface area contributed by atoms with Crippen molar-refractivity contribution in [3.63, 3.8) is 0 Å². The van der Waals surface area contributed by atoms with E-state index < -0.39 is 0 Å². The number of hydrogen-bond acceptors (Lipinski definition) is 5. The molecule has 4 rings (SSSR count). The second-order valence-electron chi connectivity index (χ2n) is 10.2. The van der Waals surface area contributed by atoms with Crippen LogP contribution in [0.5, 0.6) is 0 Å². The maximum atomic E-state index is 11.2. The van der Waals surface area contributed by atoms with Crippen molar-refractivity contribution in [1.29, 1.82) is 0 Å². The Labute approximate surface area is 297 Å². The molecule has 0 saturated heterocycles. The molecule has 6 nitrogen and oxygen atoms in total. The summed E-state index contributed by atoms with van der Waals surface area (Å²) in [4.78, 5) is 35.5. The van der Waals surface area contributed by atoms with Crippen molar-refractivity contribution in [2.75, 3.05) is 31.4 Å². The molecule has 0 fully saturated rings. The molecule has 0 amide bonds. The van der Waals surface area contributed by atoms with Crippen LogP contribution >= 0.6 is 0 Å². The maximum absolute atomic E-state index is 11.2. The zero-order valence-corrected chi connectivity index (χ0v) is 32.9. The van der Waals surface area contributed by atoms with E-state index in [4.69, 9.17) is 0 Å². The number of nitrogens with zero attached hydrogens (tertiary/aromatic N) is 2. The quantitative estimate of drug-likeness (QED) is 0.170. The molecule has 49 heavy (non-hydrogen) atoms. The van der Waals surface area contributed by atoms with Gasteiger partial charge in [-0.2, -0.15) is 0 Å². The molecule has 1 aromatic heterocycles. The van der Waals surface area contributed by atoms with Crippen LogP contribution in [0.25, 0.3) is 10.9 Å². The number of anilines is 2. The predicted molar refractivity (Wildman–Crippen MR) is 214 cm³/mol. The van der Waals surface area contributed by atoms with E-state index in [1.54, 1.807) is 40.7 Å². The summed E-state index contributed by atoms with van der Waals surface area (Å²) in [5, 5.41) is 4.17. The summed E-state index contributed by atoms with van der Waals surface area (Å²) in [7, 11) is 7.79. The minimum atomic E-state index is 0.0619. The van der Waals surface area contributed by atoms with Crippen LogP contribution in [0.3, 0.4) is 0 Å². The van der Waals surface area contributed by atoms with Crippen LogP contribution in [0.1, 0.15) is 124 Å². The molecule has 0 aliphatic rings. The highest BCUT2D eigenvalue weighted by atomic mass is 16.1. The van der Waals surface area contributed by atoms with Gasteiger partial charge >= 0.3 is 0 Å². The van der Waals surface area contributed by atoms with Gasteiger partial charge in [-0.3, -0.25) is 14.4 Å². The number of nitrogens with one attached hydrogen (secondary N) is 1. The molecule has 0 saturated carbocycles. The van der Waals surface area contributed by atoms with Gasteiger partial charge in [-0.15, -0.1) is 11.8 Å². The van der Waals surface area contributed by atoms with Gasteiger partial charge in [0, 0.05) is 78.3 Å². The van der Waals surface area contributed by atoms with Crippen LogP contribution < -0.4 is 10.2 Å². The molecule has 0 spiro atoms. The molecule has 4 aromatic rings. The number of Topliss-reactive ketones (excluding diaryl/α,β-unsaturated/α-hetero) is 3. The van der Waals surface area contributed by atoms with Gasteiger partial charge in [-0.1, -0.05) is 53.4 Å². The molecule has 0 aliphatic heterocycles. The smallest absolute Gasteiger partial charge is 0.159 e. The minimum Gasteiger partial charge on any atom is -0.387 e. The van der Waals surface area contributed by atoms with Crippen molar-refractivity contribution in [3.05, 3.63) is 94.2 Å². The number of aromatic nitrogens is 1. The third-order valence-corrected chi connectivity index (χ3v) is 6.79. The van der Waals surface area contributed by atoms with Crippen LogP contribution in [-0.2, 0) is 7.05 Å². The molecule has 0 atom stereocenters. The van der Waals surface area contributed by atoms with Crippen LogP contribution in [0.4, 0.5) is 11.4 Å². The first-order valence-electron chi connectivity index (χ1n) is 16.9. The molecule has 0 bridgehead atoms. The number of rotatable bonds is 5. The number of fused-ring (bicyclic) bond motifs is 1. The second-order valence-corrected chi connectivity index (χ2v) is 10.2. The Morgan fingerprint density at radius 1 is 0.653 bits per heavy atom. The van der Waals surface area contributed by atoms with E-state index in [0.717, 1.165) is 33.5 Å². The average Bonchev–Trinajstić information content (AvgIpc) is 3.39. The molecule has 1 heterocycles. The number of ketones is 3. The van der Waals surface area contributed by atoms with E-state index in [9.17, 15) is 14.4 Å². The first-order valence-corrected chi connectivity index (χ1v) is 16.9. The molecule has 6 heteroatoms. The van der Waals surface area contributed by atoms with Gasteiger partial charge in [-0.05, 0) is 102 Å². The molecular weight excluding hydrogens is 606 g/mol. The van der Waals surface area contributed by atoms with Crippen molar-refractivity contribution in [1.82, 2.24) is 4.57 Å². The molecule has 0 unspecified atom stereocenters. The largest absolute Gasteiger partial charge is 0.387 e. The van der Waals surface area contributed by atoms with Crippen molar-refractivity contribution >= 4 is 39.6 Å². The lowest BCUT2D eigenvalue weighted by Gasteiger charge is -2.15. The van der Waals surface area contributed by atoms with E-state index in [0.29, 0.717) is 11.1 Å². The Kier molecular flexibility index (Phi) is 23.5. The Balaban J connectivity index is 0. The van der Waals surface area contributed by atoms with Gasteiger partial charge in [0.05, 0.1) is 5.69 Å². The SMILES string of the molecule is CC.CC.CC.CC#Cc1cc(C(C)=O)ccc1N(C)C.CC#Cc1cc(C(C)=O)ccc1NC.CC(=O)c1ccc2c(c1)cc(C)n2C. The topological polar surface area (TPSA) is 71.4 Å². The highest BCUT2D eigenvalue weighted by molar-refractivity contribution is 5.98. The number of aryl methyl sites for hydroxylation is 2. The summed E-state index contributed by atoms with van der Waals surface area (Å²) in [5.74, 6) is 11.9. The van der Waals surface area contributed by atoms with Crippen LogP contribution in [0.15, 0.2) is 60.7 Å². The molecule has 3 aromatic carbocycles. The summed E-state index contributed by atoms with van der Waals surface area (Å²) in [6.07, 6.45) is 0. The van der Waals surface area contributed by atoms with Crippen LogP contribution in [0.2, 0.25) is 0 Å². The van der Waals surface area contributed by atoms with Gasteiger partial charge in [0.15, 0.2) is 17.3 Å². The Bertz CT molecular complexity index is 1770. The monoisotopic (exact) mass is 665 g/mol. The van der Waals surface area contributed by atoms with Crippen molar-refractivity contribution < 1.29 is 14.4 Å². The van der Waals surface area contributed by atoms with Gasteiger partial charge in [0.25, 0.3) is 0 Å². The van der Waals surface area contributed by atoms with Gasteiger partial charge in [0.1, 0.15) is 0 Å². The van der Waals surface area contributed by atoms with Crippen LogP contribution in [-0.4, -0.2) is 43.1 Å². The van der Waals surface area contributed by atoms with E-state index >= 15 is 0 Å². The van der Waals surface area contributed by atoms with E-state index in [1.807, 2.05) is 123 Å². The summed E-state index contributed by atoms with van der Waals surface area (Å²) in [6.45, 7) is 22.3.